The van der Waals surface area contributed by atoms with E-state index in [1.807, 2.05) is 13.8 Å². The van der Waals surface area contributed by atoms with Crippen LogP contribution in [0.25, 0.3) is 16.9 Å². The Morgan fingerprint density at radius 1 is 1.25 bits per heavy atom. The van der Waals surface area contributed by atoms with Crippen molar-refractivity contribution in [2.24, 2.45) is 11.7 Å². The molecular weight excluding hydrogens is 538 g/mol. The number of carbonyl (C=O) groups excluding carboxylic acids is 1. The fraction of sp³-hybridized carbons (Fsp3) is 0.321. The molecule has 4 N–H and O–H groups in total. The van der Waals surface area contributed by atoms with E-state index in [1.54, 1.807) is 19.2 Å². The van der Waals surface area contributed by atoms with Gasteiger partial charge in [0.15, 0.2) is 0 Å². The Labute approximate surface area is 236 Å². The first kappa shape index (κ1) is 30.5. The van der Waals surface area contributed by atoms with Crippen LogP contribution in [0.2, 0.25) is 0 Å². The molecule has 0 aliphatic heterocycles. The van der Waals surface area contributed by atoms with Crippen LogP contribution in [-0.4, -0.2) is 38.1 Å². The average Bonchev–Trinajstić information content (AvgIpc) is 3.78. The van der Waals surface area contributed by atoms with E-state index in [-0.39, 0.29) is 40.3 Å². The molecule has 0 radical (unpaired) electrons. The lowest BCUT2D eigenvalue weighted by atomic mass is 10.00. The van der Waals surface area contributed by atoms with E-state index in [4.69, 9.17) is 15.9 Å². The molecule has 3 aromatic rings. The second kappa shape index (κ2) is 13.8. The van der Waals surface area contributed by atoms with Gasteiger partial charge in [0.25, 0.3) is 17.9 Å². The number of rotatable bonds is 7. The maximum absolute atomic E-state index is 13.5. The minimum atomic E-state index is -2.87. The summed E-state index contributed by atoms with van der Waals surface area (Å²) in [6, 6.07) is 5.57. The number of carbonyl (C=O) groups is 1. The fourth-order valence-electron chi connectivity index (χ4n) is 3.49. The van der Waals surface area contributed by atoms with Crippen molar-refractivity contribution in [2.75, 3.05) is 7.11 Å². The number of alkyl halides is 2. The van der Waals surface area contributed by atoms with Gasteiger partial charge in [-0.25, -0.2) is 13.8 Å². The van der Waals surface area contributed by atoms with E-state index in [0.717, 1.165) is 42.4 Å². The first-order valence-corrected chi connectivity index (χ1v) is 13.4. The number of thioether (sulfide) groups is 1. The molecule has 0 aromatic carbocycles. The Morgan fingerprint density at radius 3 is 2.62 bits per heavy atom. The van der Waals surface area contributed by atoms with Gasteiger partial charge in [0.1, 0.15) is 27.8 Å². The summed E-state index contributed by atoms with van der Waals surface area (Å²) >= 11 is 0.867. The summed E-state index contributed by atoms with van der Waals surface area (Å²) in [4.78, 5) is 33.8. The second-order valence-corrected chi connectivity index (χ2v) is 9.65. The summed E-state index contributed by atoms with van der Waals surface area (Å²) in [6.45, 7) is 5.80. The molecular formula is C28H32F2N6O3S. The highest BCUT2D eigenvalue weighted by molar-refractivity contribution is 8.14. The number of pyridine rings is 3. The fourth-order valence-corrected chi connectivity index (χ4v) is 4.03. The number of methoxy groups -OCH3 is 1. The van der Waals surface area contributed by atoms with Gasteiger partial charge in [0.2, 0.25) is 0 Å². The minimum absolute atomic E-state index is 0. The maximum Gasteiger partial charge on any atom is 0.280 e. The Hall–Kier alpha value is -4.08. The molecule has 40 heavy (non-hydrogen) atoms. The SMILES string of the molecule is CC.COc1cnc(C(F)F)cc1-c1cc(-n2cc(C)ccc2=O)ncc1C(=O)NC(N)SC(=N)C#CC1CC1.[HH]. The van der Waals surface area contributed by atoms with Crippen LogP contribution < -0.4 is 21.3 Å². The van der Waals surface area contributed by atoms with Crippen molar-refractivity contribution in [3.05, 3.63) is 70.0 Å². The largest absolute Gasteiger partial charge is 0.494 e. The molecule has 1 aliphatic rings. The van der Waals surface area contributed by atoms with E-state index in [0.29, 0.717) is 5.92 Å². The summed E-state index contributed by atoms with van der Waals surface area (Å²) < 4.78 is 33.7. The smallest absolute Gasteiger partial charge is 0.280 e. The molecule has 1 atom stereocenters. The number of hydrogen-bond donors (Lipinski definition) is 3. The molecule has 1 fully saturated rings. The standard InChI is InChI=1S/C26H24F2N6O3S.C2H6.H2/c1-14-3-8-23(35)34(13-14)22-10-16(17-9-19(24(27)28)31-12-20(17)37-2)18(11-32-22)25(36)33-26(30)38-21(29)7-6-15-4-5-15;1-2;/h3,8-13,15,24,26,29H,4-5,30H2,1-2H3,(H,33,36);1-2H3;1H. The molecule has 0 bridgehead atoms. The van der Waals surface area contributed by atoms with E-state index in [1.165, 1.54) is 30.0 Å². The number of nitrogens with two attached hydrogens (primary N) is 1. The van der Waals surface area contributed by atoms with Crippen molar-refractivity contribution >= 4 is 22.7 Å². The summed E-state index contributed by atoms with van der Waals surface area (Å²) in [5.41, 5.74) is 5.22. The van der Waals surface area contributed by atoms with Crippen molar-refractivity contribution in [3.8, 4) is 34.5 Å². The molecule has 4 rings (SSSR count). The molecule has 1 unspecified atom stereocenters. The van der Waals surface area contributed by atoms with Crippen LogP contribution >= 0.6 is 11.8 Å². The van der Waals surface area contributed by atoms with Crippen molar-refractivity contribution in [1.82, 2.24) is 19.9 Å². The van der Waals surface area contributed by atoms with Crippen molar-refractivity contribution in [3.63, 3.8) is 0 Å². The highest BCUT2D eigenvalue weighted by Crippen LogP contribution is 2.35. The zero-order valence-corrected chi connectivity index (χ0v) is 23.3. The average molecular weight is 571 g/mol. The third-order valence-corrected chi connectivity index (χ3v) is 6.26. The molecule has 9 nitrogen and oxygen atoms in total. The van der Waals surface area contributed by atoms with Gasteiger partial charge < -0.3 is 15.8 Å². The van der Waals surface area contributed by atoms with Crippen LogP contribution in [0.4, 0.5) is 8.78 Å². The number of nitrogens with one attached hydrogen (secondary N) is 2. The van der Waals surface area contributed by atoms with Gasteiger partial charge in [-0.1, -0.05) is 37.6 Å². The van der Waals surface area contributed by atoms with Gasteiger partial charge in [-0.2, -0.15) is 0 Å². The summed E-state index contributed by atoms with van der Waals surface area (Å²) in [5.74, 6) is 5.61. The van der Waals surface area contributed by atoms with Crippen molar-refractivity contribution in [1.29, 1.82) is 5.41 Å². The lowest BCUT2D eigenvalue weighted by Crippen LogP contribution is -2.40. The van der Waals surface area contributed by atoms with Gasteiger partial charge in [-0.15, -0.1) is 0 Å². The predicted octanol–water partition coefficient (Wildman–Crippen LogP) is 4.92. The quantitative estimate of drug-likeness (QED) is 0.159. The number of ether oxygens (including phenoxy) is 1. The molecule has 1 saturated carbocycles. The lowest BCUT2D eigenvalue weighted by Gasteiger charge is -2.17. The zero-order chi connectivity index (χ0) is 29.4. The molecule has 0 saturated heterocycles. The number of aryl methyl sites for hydroxylation is 1. The second-order valence-electron chi connectivity index (χ2n) is 8.50. The highest BCUT2D eigenvalue weighted by atomic mass is 32.2. The Morgan fingerprint density at radius 2 is 1.98 bits per heavy atom. The molecule has 12 heteroatoms. The van der Waals surface area contributed by atoms with E-state index >= 15 is 0 Å². The van der Waals surface area contributed by atoms with Crippen LogP contribution in [0.1, 0.15) is 56.2 Å². The first-order chi connectivity index (χ1) is 19.2. The van der Waals surface area contributed by atoms with Crippen molar-refractivity contribution < 1.29 is 19.7 Å². The Bertz CT molecular complexity index is 1520. The summed E-state index contributed by atoms with van der Waals surface area (Å²) in [7, 11) is 1.34. The topological polar surface area (TPSA) is 136 Å². The van der Waals surface area contributed by atoms with E-state index < -0.39 is 23.5 Å². The van der Waals surface area contributed by atoms with Crippen LogP contribution in [0.3, 0.4) is 0 Å². The molecule has 3 heterocycles. The van der Waals surface area contributed by atoms with Crippen LogP contribution in [0.15, 0.2) is 47.7 Å². The maximum atomic E-state index is 13.5. The predicted molar refractivity (Wildman–Crippen MR) is 154 cm³/mol. The third-order valence-electron chi connectivity index (χ3n) is 5.55. The third kappa shape index (κ3) is 7.74. The van der Waals surface area contributed by atoms with E-state index in [9.17, 15) is 18.4 Å². The minimum Gasteiger partial charge on any atom is -0.494 e. The Kier molecular flexibility index (Phi) is 10.5. The monoisotopic (exact) mass is 570 g/mol. The summed E-state index contributed by atoms with van der Waals surface area (Å²) in [6.07, 6.45) is 3.10. The highest BCUT2D eigenvalue weighted by Gasteiger charge is 2.23. The molecule has 1 aliphatic carbocycles. The van der Waals surface area contributed by atoms with Gasteiger partial charge in [-0.3, -0.25) is 24.5 Å². The van der Waals surface area contributed by atoms with Gasteiger partial charge in [0.05, 0.1) is 18.9 Å². The lowest BCUT2D eigenvalue weighted by molar-refractivity contribution is 0.0951. The molecule has 0 spiro atoms. The molecule has 3 aromatic heterocycles. The van der Waals surface area contributed by atoms with Crippen LogP contribution in [0.5, 0.6) is 5.75 Å². The number of aromatic nitrogens is 3. The van der Waals surface area contributed by atoms with Gasteiger partial charge >= 0.3 is 0 Å². The number of halogens is 2. The van der Waals surface area contributed by atoms with Gasteiger partial charge in [-0.05, 0) is 43.4 Å². The number of nitrogens with zero attached hydrogens (tertiary/aromatic N) is 3. The normalized spacial score (nSPS) is 12.9. The van der Waals surface area contributed by atoms with Crippen molar-refractivity contribution in [2.45, 2.75) is 45.5 Å². The van der Waals surface area contributed by atoms with E-state index in [2.05, 4.69) is 27.1 Å². The first-order valence-electron chi connectivity index (χ1n) is 12.5. The Balaban J connectivity index is 0.00000192. The molecule has 212 valence electrons. The zero-order valence-electron chi connectivity index (χ0n) is 22.5. The number of hydrogen-bond acceptors (Lipinski definition) is 8. The summed E-state index contributed by atoms with van der Waals surface area (Å²) in [5, 5.41) is 10.5. The number of amides is 1. The van der Waals surface area contributed by atoms with Crippen LogP contribution in [0, 0.1) is 30.1 Å². The van der Waals surface area contributed by atoms with Crippen LogP contribution in [-0.2, 0) is 0 Å². The van der Waals surface area contributed by atoms with Gasteiger partial charge in [0, 0.05) is 36.9 Å². The molecule has 1 amide bonds.